The zero-order valence-electron chi connectivity index (χ0n) is 20.7. The number of ether oxygens (including phenoxy) is 3. The van der Waals surface area contributed by atoms with E-state index in [0.717, 1.165) is 62.3 Å². The molecule has 0 atom stereocenters. The highest BCUT2D eigenvalue weighted by molar-refractivity contribution is 5.94. The number of amides is 1. The maximum Gasteiger partial charge on any atom is 0.227 e. The summed E-state index contributed by atoms with van der Waals surface area (Å²) >= 11 is 0. The fraction of sp³-hybridized carbons (Fsp3) is 0.519. The summed E-state index contributed by atoms with van der Waals surface area (Å²) in [6.45, 7) is 6.83. The number of likely N-dealkylation sites (tertiary alicyclic amines) is 1. The first kappa shape index (κ1) is 24.9. The van der Waals surface area contributed by atoms with E-state index in [1.54, 1.807) is 21.3 Å². The van der Waals surface area contributed by atoms with Gasteiger partial charge in [0.1, 0.15) is 0 Å². The summed E-state index contributed by atoms with van der Waals surface area (Å²) in [5.41, 5.74) is 3.38. The molecule has 0 bridgehead atoms. The van der Waals surface area contributed by atoms with Crippen molar-refractivity contribution in [3.8, 4) is 17.2 Å². The molecule has 1 aliphatic rings. The van der Waals surface area contributed by atoms with Crippen LogP contribution in [0.5, 0.6) is 17.2 Å². The predicted octanol–water partition coefficient (Wildman–Crippen LogP) is 5.07. The molecule has 1 aliphatic heterocycles. The van der Waals surface area contributed by atoms with Crippen LogP contribution in [-0.2, 0) is 17.8 Å². The Bertz CT molecular complexity index is 905. The molecule has 1 amide bonds. The Morgan fingerprint density at radius 3 is 2.15 bits per heavy atom. The smallest absolute Gasteiger partial charge is 0.227 e. The van der Waals surface area contributed by atoms with E-state index in [4.69, 9.17) is 14.2 Å². The summed E-state index contributed by atoms with van der Waals surface area (Å²) in [7, 11) is 4.92. The normalized spacial score (nSPS) is 14.7. The molecule has 180 valence electrons. The van der Waals surface area contributed by atoms with Gasteiger partial charge in [-0.05, 0) is 49.4 Å². The minimum absolute atomic E-state index is 0.222. The summed E-state index contributed by atoms with van der Waals surface area (Å²) in [5, 5.41) is 0. The van der Waals surface area contributed by atoms with Crippen molar-refractivity contribution in [2.45, 2.75) is 58.5 Å². The van der Waals surface area contributed by atoms with Gasteiger partial charge in [-0.15, -0.1) is 0 Å². The molecule has 0 aliphatic carbocycles. The van der Waals surface area contributed by atoms with Crippen molar-refractivity contribution in [3.05, 3.63) is 47.5 Å². The molecule has 0 radical (unpaired) electrons. The fourth-order valence-electron chi connectivity index (χ4n) is 4.65. The number of aryl methyl sites for hydroxylation is 1. The number of anilines is 1. The van der Waals surface area contributed by atoms with Gasteiger partial charge in [-0.3, -0.25) is 9.69 Å². The molecule has 33 heavy (non-hydrogen) atoms. The molecule has 0 N–H and O–H groups in total. The second-order valence-corrected chi connectivity index (χ2v) is 8.53. The topological polar surface area (TPSA) is 51.2 Å². The largest absolute Gasteiger partial charge is 0.493 e. The van der Waals surface area contributed by atoms with E-state index in [1.807, 2.05) is 12.1 Å². The van der Waals surface area contributed by atoms with Crippen molar-refractivity contribution < 1.29 is 19.0 Å². The number of hydrogen-bond acceptors (Lipinski definition) is 5. The van der Waals surface area contributed by atoms with Gasteiger partial charge in [-0.2, -0.15) is 0 Å². The molecule has 6 nitrogen and oxygen atoms in total. The molecule has 2 aromatic carbocycles. The van der Waals surface area contributed by atoms with Gasteiger partial charge in [0.2, 0.25) is 11.7 Å². The first-order chi connectivity index (χ1) is 16.1. The van der Waals surface area contributed by atoms with Crippen LogP contribution in [0.15, 0.2) is 36.4 Å². The monoisotopic (exact) mass is 454 g/mol. The standard InChI is InChI=1S/C27H38N2O4/c1-6-8-25(30)29(22-12-9-20(7-2)10-13-22)23-15-17-28(18-16-23)19-21-11-14-24(31-3)27(33-5)26(21)32-4/h9-14,23H,6-8,15-19H2,1-5H3. The van der Waals surface area contributed by atoms with E-state index in [0.29, 0.717) is 17.9 Å². The van der Waals surface area contributed by atoms with Crippen LogP contribution in [0.1, 0.15) is 50.7 Å². The van der Waals surface area contributed by atoms with Crippen LogP contribution >= 0.6 is 0 Å². The van der Waals surface area contributed by atoms with Crippen molar-refractivity contribution in [3.63, 3.8) is 0 Å². The molecular formula is C27H38N2O4. The van der Waals surface area contributed by atoms with Crippen molar-refractivity contribution >= 4 is 11.6 Å². The Balaban J connectivity index is 1.72. The van der Waals surface area contributed by atoms with E-state index < -0.39 is 0 Å². The van der Waals surface area contributed by atoms with Crippen LogP contribution in [0.3, 0.4) is 0 Å². The van der Waals surface area contributed by atoms with Gasteiger partial charge < -0.3 is 19.1 Å². The number of nitrogens with zero attached hydrogens (tertiary/aromatic N) is 2. The highest BCUT2D eigenvalue weighted by Gasteiger charge is 2.29. The van der Waals surface area contributed by atoms with E-state index in [9.17, 15) is 4.79 Å². The Morgan fingerprint density at radius 2 is 1.61 bits per heavy atom. The third kappa shape index (κ3) is 5.80. The number of rotatable bonds is 10. The lowest BCUT2D eigenvalue weighted by Crippen LogP contribution is -2.47. The average Bonchev–Trinajstić information content (AvgIpc) is 2.85. The van der Waals surface area contributed by atoms with Crippen LogP contribution in [0.25, 0.3) is 0 Å². The maximum absolute atomic E-state index is 13.1. The van der Waals surface area contributed by atoms with Crippen LogP contribution < -0.4 is 19.1 Å². The fourth-order valence-corrected chi connectivity index (χ4v) is 4.65. The third-order valence-electron chi connectivity index (χ3n) is 6.46. The summed E-state index contributed by atoms with van der Waals surface area (Å²) in [6.07, 6.45) is 4.33. The van der Waals surface area contributed by atoms with Gasteiger partial charge in [0, 0.05) is 43.3 Å². The number of hydrogen-bond donors (Lipinski definition) is 0. The minimum atomic E-state index is 0.222. The second kappa shape index (κ2) is 11.9. The van der Waals surface area contributed by atoms with Crippen molar-refractivity contribution in [1.29, 1.82) is 0 Å². The third-order valence-corrected chi connectivity index (χ3v) is 6.46. The van der Waals surface area contributed by atoms with E-state index in [2.05, 4.69) is 47.9 Å². The van der Waals surface area contributed by atoms with Crippen LogP contribution in [0.2, 0.25) is 0 Å². The molecule has 2 aromatic rings. The number of piperidine rings is 1. The zero-order chi connectivity index (χ0) is 23.8. The average molecular weight is 455 g/mol. The SMILES string of the molecule is CCCC(=O)N(c1ccc(CC)cc1)C1CCN(Cc2ccc(OC)c(OC)c2OC)CC1. The summed E-state index contributed by atoms with van der Waals surface area (Å²) < 4.78 is 16.6. The lowest BCUT2D eigenvalue weighted by atomic mass is 10.00. The quantitative estimate of drug-likeness (QED) is 0.502. The number of methoxy groups -OCH3 is 3. The second-order valence-electron chi connectivity index (χ2n) is 8.53. The molecule has 6 heteroatoms. The van der Waals surface area contributed by atoms with E-state index in [-0.39, 0.29) is 11.9 Å². The summed E-state index contributed by atoms with van der Waals surface area (Å²) in [5.74, 6) is 2.23. The van der Waals surface area contributed by atoms with Gasteiger partial charge in [-0.25, -0.2) is 0 Å². The zero-order valence-corrected chi connectivity index (χ0v) is 20.7. The van der Waals surface area contributed by atoms with Gasteiger partial charge in [0.25, 0.3) is 0 Å². The molecule has 1 saturated heterocycles. The minimum Gasteiger partial charge on any atom is -0.493 e. The lowest BCUT2D eigenvalue weighted by molar-refractivity contribution is -0.119. The predicted molar refractivity (Wildman–Crippen MR) is 133 cm³/mol. The van der Waals surface area contributed by atoms with Crippen LogP contribution in [0, 0.1) is 0 Å². The first-order valence-corrected chi connectivity index (χ1v) is 12.0. The number of carbonyl (C=O) groups is 1. The Hall–Kier alpha value is -2.73. The first-order valence-electron chi connectivity index (χ1n) is 12.0. The molecule has 1 fully saturated rings. The molecule has 3 rings (SSSR count). The molecular weight excluding hydrogens is 416 g/mol. The molecule has 0 aromatic heterocycles. The number of carbonyl (C=O) groups excluding carboxylic acids is 1. The van der Waals surface area contributed by atoms with Crippen molar-refractivity contribution in [1.82, 2.24) is 4.90 Å². The van der Waals surface area contributed by atoms with Crippen LogP contribution in [0.4, 0.5) is 5.69 Å². The van der Waals surface area contributed by atoms with E-state index >= 15 is 0 Å². The van der Waals surface area contributed by atoms with Gasteiger partial charge in [0.15, 0.2) is 11.5 Å². The number of benzene rings is 2. The highest BCUT2D eigenvalue weighted by atomic mass is 16.5. The highest BCUT2D eigenvalue weighted by Crippen LogP contribution is 2.40. The molecule has 0 spiro atoms. The van der Waals surface area contributed by atoms with Gasteiger partial charge >= 0.3 is 0 Å². The Labute approximate surface area is 198 Å². The summed E-state index contributed by atoms with van der Waals surface area (Å²) in [6, 6.07) is 12.7. The van der Waals surface area contributed by atoms with Crippen molar-refractivity contribution in [2.75, 3.05) is 39.3 Å². The van der Waals surface area contributed by atoms with Crippen molar-refractivity contribution in [2.24, 2.45) is 0 Å². The van der Waals surface area contributed by atoms with Gasteiger partial charge in [0.05, 0.1) is 21.3 Å². The Kier molecular flexibility index (Phi) is 9.01. The van der Waals surface area contributed by atoms with E-state index in [1.165, 1.54) is 5.56 Å². The summed E-state index contributed by atoms with van der Waals surface area (Å²) in [4.78, 5) is 17.5. The lowest BCUT2D eigenvalue weighted by Gasteiger charge is -2.39. The molecule has 0 unspecified atom stereocenters. The Morgan fingerprint density at radius 1 is 0.939 bits per heavy atom. The van der Waals surface area contributed by atoms with Gasteiger partial charge in [-0.1, -0.05) is 32.0 Å². The molecule has 1 heterocycles. The van der Waals surface area contributed by atoms with Crippen LogP contribution in [-0.4, -0.2) is 51.3 Å². The molecule has 0 saturated carbocycles. The maximum atomic E-state index is 13.1.